The summed E-state index contributed by atoms with van der Waals surface area (Å²) in [6.07, 6.45) is 2.30. The van der Waals surface area contributed by atoms with Gasteiger partial charge in [-0.25, -0.2) is 0 Å². The summed E-state index contributed by atoms with van der Waals surface area (Å²) in [5.41, 5.74) is 2.05. The molecule has 7 heteroatoms. The van der Waals surface area contributed by atoms with E-state index in [1.54, 1.807) is 42.5 Å². The molecule has 1 aromatic carbocycles. The number of ketones is 1. The Hall–Kier alpha value is -3.45. The van der Waals surface area contributed by atoms with Crippen molar-refractivity contribution in [2.24, 2.45) is 5.92 Å². The maximum Gasteiger partial charge on any atom is 0.315 e. The molecule has 33 heavy (non-hydrogen) atoms. The minimum Gasteiger partial charge on any atom is -0.465 e. The van der Waals surface area contributed by atoms with Crippen LogP contribution in [0.2, 0.25) is 0 Å². The van der Waals surface area contributed by atoms with Crippen LogP contribution in [0.5, 0.6) is 0 Å². The van der Waals surface area contributed by atoms with E-state index in [1.165, 1.54) is 6.26 Å². The predicted octanol–water partition coefficient (Wildman–Crippen LogP) is 4.64. The van der Waals surface area contributed by atoms with Crippen molar-refractivity contribution < 1.29 is 18.7 Å². The van der Waals surface area contributed by atoms with Gasteiger partial charge in [0.15, 0.2) is 11.2 Å². The molecule has 0 bridgehead atoms. The summed E-state index contributed by atoms with van der Waals surface area (Å²) >= 11 is 1.62. The molecule has 6 nitrogen and oxygen atoms in total. The summed E-state index contributed by atoms with van der Waals surface area (Å²) in [6, 6.07) is 11.0. The zero-order valence-electron chi connectivity index (χ0n) is 18.1. The first-order chi connectivity index (χ1) is 16.0. The predicted molar refractivity (Wildman–Crippen MR) is 126 cm³/mol. The van der Waals surface area contributed by atoms with Gasteiger partial charge in [-0.15, -0.1) is 11.3 Å². The Labute approximate surface area is 194 Å². The number of Topliss-reactive ketones (excluding diaryl/α,β-unsaturated/α-hetero) is 1. The number of thiophene rings is 1. The lowest BCUT2D eigenvalue weighted by Gasteiger charge is -2.39. The van der Waals surface area contributed by atoms with Gasteiger partial charge in [0.2, 0.25) is 0 Å². The maximum atomic E-state index is 13.5. The van der Waals surface area contributed by atoms with Crippen LogP contribution in [0, 0.1) is 5.92 Å². The molecule has 0 amide bonds. The Morgan fingerprint density at radius 2 is 2.03 bits per heavy atom. The normalized spacial score (nSPS) is 22.8. The van der Waals surface area contributed by atoms with Crippen LogP contribution in [0.25, 0.3) is 11.0 Å². The van der Waals surface area contributed by atoms with E-state index in [2.05, 4.69) is 11.9 Å². The van der Waals surface area contributed by atoms with Crippen LogP contribution in [-0.2, 0) is 14.3 Å². The molecular weight excluding hydrogens is 438 g/mol. The van der Waals surface area contributed by atoms with E-state index >= 15 is 0 Å². The van der Waals surface area contributed by atoms with Crippen molar-refractivity contribution in [3.05, 3.63) is 92.3 Å². The molecule has 168 valence electrons. The number of hydrogen-bond acceptors (Lipinski definition) is 7. The number of para-hydroxylation sites is 1. The van der Waals surface area contributed by atoms with Gasteiger partial charge in [0.1, 0.15) is 11.5 Å². The first kappa shape index (κ1) is 21.4. The fourth-order valence-electron chi connectivity index (χ4n) is 4.93. The molecule has 3 heterocycles. The standard InChI is InChI=1S/C26H23NO5S/c1-3-31-26(30)22-14(2)27-18-11-15(21-9-6-10-33-21)12-19(28)24(18)23(22)17-13-32-20-8-5-4-7-16(20)25(17)29/h4-10,13,15,22-23,27H,2-3,11-12H2,1H3. The third-order valence-electron chi connectivity index (χ3n) is 6.37. The van der Waals surface area contributed by atoms with Crippen molar-refractivity contribution >= 4 is 34.1 Å². The van der Waals surface area contributed by atoms with Gasteiger partial charge in [0, 0.05) is 45.7 Å². The highest BCUT2D eigenvalue weighted by Crippen LogP contribution is 2.47. The second-order valence-corrected chi connectivity index (χ2v) is 9.29. The number of esters is 1. The van der Waals surface area contributed by atoms with Crippen molar-refractivity contribution in [1.29, 1.82) is 0 Å². The SMILES string of the molecule is C=C1NC2=C(C(=O)CC(c3cccs3)C2)C(c2coc3ccccc3c2=O)C1C(=O)OCC. The summed E-state index contributed by atoms with van der Waals surface area (Å²) in [6.45, 7) is 5.99. The topological polar surface area (TPSA) is 85.6 Å². The molecule has 5 rings (SSSR count). The van der Waals surface area contributed by atoms with Crippen LogP contribution in [0.15, 0.2) is 80.8 Å². The molecule has 3 atom stereocenters. The third-order valence-corrected chi connectivity index (χ3v) is 7.40. The quantitative estimate of drug-likeness (QED) is 0.570. The van der Waals surface area contributed by atoms with Crippen LogP contribution in [0.3, 0.4) is 0 Å². The Bertz CT molecular complexity index is 1350. The molecule has 0 fully saturated rings. The molecule has 3 unspecified atom stereocenters. The summed E-state index contributed by atoms with van der Waals surface area (Å²) in [5.74, 6) is -2.28. The van der Waals surface area contributed by atoms with Gasteiger partial charge >= 0.3 is 5.97 Å². The number of hydrogen-bond donors (Lipinski definition) is 1. The monoisotopic (exact) mass is 461 g/mol. The van der Waals surface area contributed by atoms with Crippen molar-refractivity contribution in [2.45, 2.75) is 31.6 Å². The second-order valence-electron chi connectivity index (χ2n) is 8.31. The summed E-state index contributed by atoms with van der Waals surface area (Å²) in [4.78, 5) is 41.2. The fraction of sp³-hybridized carbons (Fsp3) is 0.269. The molecule has 0 radical (unpaired) electrons. The van der Waals surface area contributed by atoms with Crippen LogP contribution in [0.1, 0.15) is 42.0 Å². The summed E-state index contributed by atoms with van der Waals surface area (Å²) < 4.78 is 11.1. The lowest BCUT2D eigenvalue weighted by Crippen LogP contribution is -2.43. The fourth-order valence-corrected chi connectivity index (χ4v) is 5.76. The number of nitrogens with one attached hydrogen (secondary N) is 1. The number of ether oxygens (including phenoxy) is 1. The lowest BCUT2D eigenvalue weighted by atomic mass is 9.70. The van der Waals surface area contributed by atoms with E-state index in [0.29, 0.717) is 40.8 Å². The first-order valence-electron chi connectivity index (χ1n) is 10.9. The zero-order chi connectivity index (χ0) is 23.1. The largest absolute Gasteiger partial charge is 0.465 e. The van der Waals surface area contributed by atoms with Gasteiger partial charge in [0.05, 0.1) is 18.3 Å². The summed E-state index contributed by atoms with van der Waals surface area (Å²) in [5, 5.41) is 5.62. The Morgan fingerprint density at radius 3 is 2.79 bits per heavy atom. The van der Waals surface area contributed by atoms with Crippen molar-refractivity contribution in [3.63, 3.8) is 0 Å². The van der Waals surface area contributed by atoms with Gasteiger partial charge in [-0.05, 0) is 36.9 Å². The Balaban J connectivity index is 1.69. The van der Waals surface area contributed by atoms with Gasteiger partial charge in [-0.1, -0.05) is 24.8 Å². The van der Waals surface area contributed by atoms with Crippen molar-refractivity contribution in [2.75, 3.05) is 6.61 Å². The van der Waals surface area contributed by atoms with Crippen LogP contribution >= 0.6 is 11.3 Å². The third kappa shape index (κ3) is 3.62. The number of carbonyl (C=O) groups excluding carboxylic acids is 2. The first-order valence-corrected chi connectivity index (χ1v) is 11.8. The molecule has 3 aromatic rings. The minimum absolute atomic E-state index is 0.0457. The minimum atomic E-state index is -0.907. The van der Waals surface area contributed by atoms with Crippen molar-refractivity contribution in [3.8, 4) is 0 Å². The molecule has 0 saturated carbocycles. The highest BCUT2D eigenvalue weighted by atomic mass is 32.1. The highest BCUT2D eigenvalue weighted by molar-refractivity contribution is 7.10. The van der Waals surface area contributed by atoms with Gasteiger partial charge in [-0.2, -0.15) is 0 Å². The van der Waals surface area contributed by atoms with E-state index < -0.39 is 17.8 Å². The number of benzene rings is 1. The molecule has 0 spiro atoms. The number of fused-ring (bicyclic) bond motifs is 1. The van der Waals surface area contributed by atoms with Gasteiger partial charge in [-0.3, -0.25) is 14.4 Å². The van der Waals surface area contributed by atoms with E-state index in [9.17, 15) is 14.4 Å². The molecule has 2 aromatic heterocycles. The number of carbonyl (C=O) groups is 2. The molecular formula is C26H23NO5S. The Kier molecular flexibility index (Phi) is 5.50. The smallest absolute Gasteiger partial charge is 0.315 e. The van der Waals surface area contributed by atoms with Crippen LogP contribution in [-0.4, -0.2) is 18.4 Å². The average Bonchev–Trinajstić information content (AvgIpc) is 3.34. The molecule has 2 aliphatic rings. The van der Waals surface area contributed by atoms with E-state index in [4.69, 9.17) is 9.15 Å². The Morgan fingerprint density at radius 1 is 1.21 bits per heavy atom. The van der Waals surface area contributed by atoms with E-state index in [-0.39, 0.29) is 29.3 Å². The zero-order valence-corrected chi connectivity index (χ0v) is 18.9. The highest BCUT2D eigenvalue weighted by Gasteiger charge is 2.46. The number of rotatable bonds is 4. The number of allylic oxidation sites excluding steroid dienone is 2. The van der Waals surface area contributed by atoms with Gasteiger partial charge in [0.25, 0.3) is 0 Å². The molecule has 0 saturated heterocycles. The van der Waals surface area contributed by atoms with Crippen LogP contribution < -0.4 is 10.7 Å². The van der Waals surface area contributed by atoms with Gasteiger partial charge < -0.3 is 14.5 Å². The van der Waals surface area contributed by atoms with Crippen LogP contribution in [0.4, 0.5) is 0 Å². The van der Waals surface area contributed by atoms with E-state index in [0.717, 1.165) is 4.88 Å². The lowest BCUT2D eigenvalue weighted by molar-refractivity contribution is -0.147. The second kappa shape index (κ2) is 8.48. The maximum absolute atomic E-state index is 13.5. The molecule has 1 aliphatic carbocycles. The van der Waals surface area contributed by atoms with E-state index in [1.807, 2.05) is 17.5 Å². The molecule has 1 aliphatic heterocycles. The summed E-state index contributed by atoms with van der Waals surface area (Å²) in [7, 11) is 0. The average molecular weight is 462 g/mol. The molecule has 1 N–H and O–H groups in total. The van der Waals surface area contributed by atoms with Crippen molar-refractivity contribution in [1.82, 2.24) is 5.32 Å².